The van der Waals surface area contributed by atoms with E-state index in [1.165, 1.54) is 6.07 Å². The van der Waals surface area contributed by atoms with Crippen molar-refractivity contribution in [2.75, 3.05) is 7.05 Å². The molecule has 0 spiro atoms. The molecule has 0 saturated heterocycles. The van der Waals surface area contributed by atoms with Crippen LogP contribution in [0.4, 0.5) is 4.39 Å². The number of nitrogens with zero attached hydrogens (tertiary/aromatic N) is 3. The van der Waals surface area contributed by atoms with Crippen molar-refractivity contribution in [3.8, 4) is 0 Å². The molecule has 8 heteroatoms. The molecule has 3 N–H and O–H groups in total. The van der Waals surface area contributed by atoms with Gasteiger partial charge < -0.3 is 10.4 Å². The highest BCUT2D eigenvalue weighted by Gasteiger charge is 2.33. The van der Waals surface area contributed by atoms with Crippen molar-refractivity contribution in [1.82, 2.24) is 25.9 Å². The lowest BCUT2D eigenvalue weighted by Gasteiger charge is -2.24. The standard InChI is InChI=1S/C22H30FN5O2/c1-13(2)10-19(22(29)30)18(21-25-27-28-26-21)11-14-4-9-17(20(23)12-14)15-5-7-16(24-3)8-6-15/h4-5,9,12-13,16,18-19,24H,6-8,10-11H2,1-3H3,(H,29,30)(H,25,26,27,28)/t16?,18-,19-/m0/s1. The van der Waals surface area contributed by atoms with Gasteiger partial charge in [-0.1, -0.05) is 37.3 Å². The molecule has 0 amide bonds. The fourth-order valence-corrected chi connectivity index (χ4v) is 4.23. The molecular weight excluding hydrogens is 385 g/mol. The third kappa shape index (κ3) is 5.30. The van der Waals surface area contributed by atoms with E-state index in [1.807, 2.05) is 33.0 Å². The third-order valence-corrected chi connectivity index (χ3v) is 5.88. The fourth-order valence-electron chi connectivity index (χ4n) is 4.23. The van der Waals surface area contributed by atoms with Crippen LogP contribution in [0.1, 0.15) is 62.4 Å². The summed E-state index contributed by atoms with van der Waals surface area (Å²) in [4.78, 5) is 12.0. The second-order valence-electron chi connectivity index (χ2n) is 8.46. The number of H-pyrrole nitrogens is 1. The summed E-state index contributed by atoms with van der Waals surface area (Å²) in [5.41, 5.74) is 2.38. The zero-order valence-corrected chi connectivity index (χ0v) is 17.7. The van der Waals surface area contributed by atoms with Crippen LogP contribution in [-0.2, 0) is 11.2 Å². The maximum absolute atomic E-state index is 15.0. The lowest BCUT2D eigenvalue weighted by atomic mass is 9.81. The van der Waals surface area contributed by atoms with Gasteiger partial charge in [-0.2, -0.15) is 5.21 Å². The molecule has 1 heterocycles. The van der Waals surface area contributed by atoms with Crippen molar-refractivity contribution in [3.05, 3.63) is 47.0 Å². The predicted octanol–water partition coefficient (Wildman–Crippen LogP) is 3.57. The molecular formula is C22H30FN5O2. The average Bonchev–Trinajstić information content (AvgIpc) is 3.25. The molecule has 1 aliphatic carbocycles. The second-order valence-corrected chi connectivity index (χ2v) is 8.46. The number of nitrogens with one attached hydrogen (secondary N) is 2. The number of benzene rings is 1. The van der Waals surface area contributed by atoms with Crippen LogP contribution in [0.25, 0.3) is 5.57 Å². The molecule has 7 nitrogen and oxygen atoms in total. The Bertz CT molecular complexity index is 882. The first kappa shape index (κ1) is 22.1. The van der Waals surface area contributed by atoms with Gasteiger partial charge >= 0.3 is 5.97 Å². The number of carboxylic acids is 1. The minimum Gasteiger partial charge on any atom is -0.481 e. The highest BCUT2D eigenvalue weighted by atomic mass is 19.1. The Morgan fingerprint density at radius 1 is 1.40 bits per heavy atom. The summed E-state index contributed by atoms with van der Waals surface area (Å²) in [6, 6.07) is 5.65. The summed E-state index contributed by atoms with van der Waals surface area (Å²) in [5, 5.41) is 27.1. The van der Waals surface area contributed by atoms with Gasteiger partial charge in [-0.25, -0.2) is 4.39 Å². The smallest absolute Gasteiger partial charge is 0.307 e. The number of tetrazole rings is 1. The lowest BCUT2D eigenvalue weighted by Crippen LogP contribution is -2.26. The Kier molecular flexibility index (Phi) is 7.31. The van der Waals surface area contributed by atoms with E-state index in [2.05, 4.69) is 32.0 Å². The molecule has 1 aromatic carbocycles. The molecule has 30 heavy (non-hydrogen) atoms. The molecule has 0 bridgehead atoms. The van der Waals surface area contributed by atoms with Gasteiger partial charge in [-0.05, 0) is 62.3 Å². The first-order valence-corrected chi connectivity index (χ1v) is 10.5. The van der Waals surface area contributed by atoms with Crippen LogP contribution in [-0.4, -0.2) is 44.8 Å². The Balaban J connectivity index is 1.84. The number of allylic oxidation sites excluding steroid dienone is 1. The molecule has 1 unspecified atom stereocenters. The fraction of sp³-hybridized carbons (Fsp3) is 0.545. The maximum atomic E-state index is 15.0. The average molecular weight is 416 g/mol. The van der Waals surface area contributed by atoms with E-state index in [-0.39, 0.29) is 11.7 Å². The number of carbonyl (C=O) groups is 1. The number of aromatic nitrogens is 4. The van der Waals surface area contributed by atoms with Crippen molar-refractivity contribution in [1.29, 1.82) is 0 Å². The minimum atomic E-state index is -0.901. The number of halogens is 1. The molecule has 3 rings (SSSR count). The van der Waals surface area contributed by atoms with Crippen LogP contribution in [0.3, 0.4) is 0 Å². The van der Waals surface area contributed by atoms with Gasteiger partial charge in [0, 0.05) is 17.5 Å². The zero-order valence-electron chi connectivity index (χ0n) is 17.7. The molecule has 0 aliphatic heterocycles. The number of carboxylic acid groups (broad SMARTS) is 1. The van der Waals surface area contributed by atoms with E-state index in [9.17, 15) is 14.3 Å². The molecule has 0 fully saturated rings. The summed E-state index contributed by atoms with van der Waals surface area (Å²) < 4.78 is 15.0. The van der Waals surface area contributed by atoms with E-state index in [0.29, 0.717) is 30.3 Å². The van der Waals surface area contributed by atoms with Crippen LogP contribution >= 0.6 is 0 Å². The summed E-state index contributed by atoms with van der Waals surface area (Å²) in [5.74, 6) is -1.80. The highest BCUT2D eigenvalue weighted by Crippen LogP contribution is 2.33. The van der Waals surface area contributed by atoms with E-state index < -0.39 is 17.8 Å². The summed E-state index contributed by atoms with van der Waals surface area (Å²) >= 11 is 0. The highest BCUT2D eigenvalue weighted by molar-refractivity contribution is 5.71. The normalized spacial score (nSPS) is 18.8. The number of aliphatic carboxylic acids is 1. The van der Waals surface area contributed by atoms with Gasteiger partial charge in [0.05, 0.1) is 5.92 Å². The van der Waals surface area contributed by atoms with E-state index in [1.54, 1.807) is 0 Å². The van der Waals surface area contributed by atoms with Crippen molar-refractivity contribution in [2.24, 2.45) is 11.8 Å². The van der Waals surface area contributed by atoms with Crippen LogP contribution < -0.4 is 5.32 Å². The summed E-state index contributed by atoms with van der Waals surface area (Å²) in [6.45, 7) is 3.96. The summed E-state index contributed by atoms with van der Waals surface area (Å²) in [7, 11) is 1.95. The van der Waals surface area contributed by atoms with Crippen molar-refractivity contribution in [3.63, 3.8) is 0 Å². The van der Waals surface area contributed by atoms with E-state index in [0.717, 1.165) is 30.4 Å². The number of rotatable bonds is 9. The third-order valence-electron chi connectivity index (χ3n) is 5.88. The van der Waals surface area contributed by atoms with E-state index in [4.69, 9.17) is 0 Å². The molecule has 0 radical (unpaired) electrons. The van der Waals surface area contributed by atoms with Crippen LogP contribution in [0.5, 0.6) is 0 Å². The van der Waals surface area contributed by atoms with Crippen LogP contribution in [0.15, 0.2) is 24.3 Å². The Morgan fingerprint density at radius 3 is 2.73 bits per heavy atom. The van der Waals surface area contributed by atoms with Gasteiger partial charge in [0.25, 0.3) is 0 Å². The minimum absolute atomic E-state index is 0.194. The first-order chi connectivity index (χ1) is 14.4. The van der Waals surface area contributed by atoms with Crippen LogP contribution in [0.2, 0.25) is 0 Å². The Labute approximate surface area is 176 Å². The largest absolute Gasteiger partial charge is 0.481 e. The topological polar surface area (TPSA) is 104 Å². The molecule has 0 saturated carbocycles. The quantitative estimate of drug-likeness (QED) is 0.578. The lowest BCUT2D eigenvalue weighted by molar-refractivity contribution is -0.143. The second kappa shape index (κ2) is 9.93. The van der Waals surface area contributed by atoms with Crippen molar-refractivity contribution < 1.29 is 14.3 Å². The molecule has 162 valence electrons. The van der Waals surface area contributed by atoms with E-state index >= 15 is 0 Å². The predicted molar refractivity (Wildman–Crippen MR) is 112 cm³/mol. The zero-order chi connectivity index (χ0) is 21.7. The number of hydrogen-bond acceptors (Lipinski definition) is 5. The van der Waals surface area contributed by atoms with Crippen molar-refractivity contribution >= 4 is 11.5 Å². The van der Waals surface area contributed by atoms with Gasteiger partial charge in [0.1, 0.15) is 5.82 Å². The monoisotopic (exact) mass is 415 g/mol. The molecule has 1 aliphatic rings. The van der Waals surface area contributed by atoms with Crippen molar-refractivity contribution in [2.45, 2.75) is 57.9 Å². The molecule has 1 aromatic heterocycles. The van der Waals surface area contributed by atoms with Crippen LogP contribution in [0, 0.1) is 17.7 Å². The van der Waals surface area contributed by atoms with Gasteiger partial charge in [0.2, 0.25) is 0 Å². The maximum Gasteiger partial charge on any atom is 0.307 e. The SMILES string of the molecule is CNC1CC=C(c2ccc(C[C@H](c3nn[nH]n3)[C@H](CC(C)C)C(=O)O)cc2F)CC1. The first-order valence-electron chi connectivity index (χ1n) is 10.5. The Morgan fingerprint density at radius 2 is 2.20 bits per heavy atom. The molecule has 2 aromatic rings. The van der Waals surface area contributed by atoms with Gasteiger partial charge in [0.15, 0.2) is 5.82 Å². The summed E-state index contributed by atoms with van der Waals surface area (Å²) in [6.07, 6.45) is 5.63. The number of aromatic amines is 1. The molecule has 3 atom stereocenters. The van der Waals surface area contributed by atoms with Gasteiger partial charge in [-0.3, -0.25) is 4.79 Å². The number of hydrogen-bond donors (Lipinski definition) is 3. The Hall–Kier alpha value is -2.61. The van der Waals surface area contributed by atoms with Gasteiger partial charge in [-0.15, -0.1) is 10.2 Å².